The molecule has 0 fully saturated rings. The minimum absolute atomic E-state index is 0.0395. The minimum Gasteiger partial charge on any atom is -0.493 e. The van der Waals surface area contributed by atoms with E-state index in [-0.39, 0.29) is 35.1 Å². The minimum atomic E-state index is -4.61. The van der Waals surface area contributed by atoms with E-state index in [9.17, 15) is 26.7 Å². The number of hydrogen-bond acceptors (Lipinski definition) is 4. The molecule has 0 spiro atoms. The van der Waals surface area contributed by atoms with E-state index in [4.69, 9.17) is 9.47 Å². The Labute approximate surface area is 163 Å². The largest absolute Gasteiger partial charge is 0.493 e. The second-order valence-electron chi connectivity index (χ2n) is 5.76. The molecule has 2 rings (SSSR count). The van der Waals surface area contributed by atoms with Crippen LogP contribution < -0.4 is 19.5 Å². The van der Waals surface area contributed by atoms with Gasteiger partial charge < -0.3 is 19.5 Å². The number of halogens is 5. The number of hydrogen-bond donors (Lipinski definition) is 1. The predicted octanol–water partition coefficient (Wildman–Crippen LogP) is 5.36. The first kappa shape index (κ1) is 22.3. The molecule has 0 aliphatic rings. The molecule has 0 atom stereocenters. The number of carbonyl (C=O) groups is 1. The van der Waals surface area contributed by atoms with Crippen molar-refractivity contribution >= 4 is 11.6 Å². The van der Waals surface area contributed by atoms with Crippen LogP contribution in [0, 0.1) is 0 Å². The number of benzene rings is 2. The molecule has 158 valence electrons. The molecule has 5 nitrogen and oxygen atoms in total. The lowest BCUT2D eigenvalue weighted by Crippen LogP contribution is -2.15. The van der Waals surface area contributed by atoms with Gasteiger partial charge in [0.2, 0.25) is 0 Å². The van der Waals surface area contributed by atoms with Crippen molar-refractivity contribution in [3.8, 4) is 17.2 Å². The van der Waals surface area contributed by atoms with E-state index in [2.05, 4.69) is 10.1 Å². The van der Waals surface area contributed by atoms with Gasteiger partial charge in [-0.25, -0.2) is 0 Å². The Morgan fingerprint density at radius 2 is 1.76 bits per heavy atom. The van der Waals surface area contributed by atoms with Crippen LogP contribution >= 0.6 is 0 Å². The normalized spacial score (nSPS) is 11.3. The summed E-state index contributed by atoms with van der Waals surface area (Å²) in [5, 5.41) is 2.35. The van der Waals surface area contributed by atoms with E-state index in [1.165, 1.54) is 13.2 Å². The van der Waals surface area contributed by atoms with E-state index in [0.29, 0.717) is 6.42 Å². The van der Waals surface area contributed by atoms with Crippen LogP contribution in [-0.2, 0) is 6.18 Å². The average molecular weight is 419 g/mol. The fourth-order valence-electron chi connectivity index (χ4n) is 2.34. The third-order valence-corrected chi connectivity index (χ3v) is 3.66. The molecule has 0 heterocycles. The summed E-state index contributed by atoms with van der Waals surface area (Å²) in [4.78, 5) is 12.5. The second-order valence-corrected chi connectivity index (χ2v) is 5.76. The summed E-state index contributed by atoms with van der Waals surface area (Å²) < 4.78 is 78.4. The van der Waals surface area contributed by atoms with Gasteiger partial charge >= 0.3 is 12.8 Å². The van der Waals surface area contributed by atoms with Crippen LogP contribution in [0.1, 0.15) is 29.3 Å². The van der Waals surface area contributed by atoms with E-state index in [0.717, 1.165) is 30.3 Å². The number of nitrogens with one attached hydrogen (secondary N) is 1. The van der Waals surface area contributed by atoms with Crippen LogP contribution in [0.3, 0.4) is 0 Å². The Kier molecular flexibility index (Phi) is 7.24. The van der Waals surface area contributed by atoms with Gasteiger partial charge in [-0.2, -0.15) is 22.0 Å². The molecular weight excluding hydrogens is 401 g/mol. The molecule has 1 amide bonds. The Hall–Kier alpha value is -3.04. The van der Waals surface area contributed by atoms with Gasteiger partial charge in [-0.1, -0.05) is 6.92 Å². The zero-order chi connectivity index (χ0) is 21.6. The van der Waals surface area contributed by atoms with Crippen LogP contribution in [-0.4, -0.2) is 26.2 Å². The molecule has 29 heavy (non-hydrogen) atoms. The van der Waals surface area contributed by atoms with Crippen LogP contribution in [0.4, 0.5) is 27.6 Å². The summed E-state index contributed by atoms with van der Waals surface area (Å²) in [6.45, 7) is -1.04. The molecule has 0 radical (unpaired) electrons. The molecule has 0 saturated heterocycles. The summed E-state index contributed by atoms with van der Waals surface area (Å²) in [5.41, 5.74) is -1.18. The standard InChI is InChI=1S/C19H18F5NO4/c1-3-8-28-14-7-5-12(19(22,23)24)10-13(14)25-17(26)11-4-6-15(29-18(20)21)16(9-11)27-2/h4-7,9-10,18H,3,8H2,1-2H3,(H,25,26). The van der Waals surface area contributed by atoms with Crippen LogP contribution in [0.25, 0.3) is 0 Å². The molecule has 0 aromatic heterocycles. The maximum Gasteiger partial charge on any atom is 0.416 e. The molecule has 0 aliphatic carbocycles. The average Bonchev–Trinajstić information content (AvgIpc) is 2.66. The van der Waals surface area contributed by atoms with Crippen molar-refractivity contribution in [3.05, 3.63) is 47.5 Å². The topological polar surface area (TPSA) is 56.8 Å². The lowest BCUT2D eigenvalue weighted by Gasteiger charge is -2.16. The van der Waals surface area contributed by atoms with Crippen molar-refractivity contribution in [2.45, 2.75) is 26.1 Å². The Morgan fingerprint density at radius 3 is 2.34 bits per heavy atom. The van der Waals surface area contributed by atoms with Crippen molar-refractivity contribution in [3.63, 3.8) is 0 Å². The fourth-order valence-corrected chi connectivity index (χ4v) is 2.34. The van der Waals surface area contributed by atoms with E-state index in [1.807, 2.05) is 6.92 Å². The number of carbonyl (C=O) groups excluding carboxylic acids is 1. The van der Waals surface area contributed by atoms with E-state index >= 15 is 0 Å². The van der Waals surface area contributed by atoms with Gasteiger partial charge in [0, 0.05) is 5.56 Å². The molecular formula is C19H18F5NO4. The molecule has 0 aliphatic heterocycles. The van der Waals surface area contributed by atoms with Gasteiger partial charge in [0.25, 0.3) is 5.91 Å². The zero-order valence-electron chi connectivity index (χ0n) is 15.5. The first-order valence-electron chi connectivity index (χ1n) is 8.44. The predicted molar refractivity (Wildman–Crippen MR) is 94.8 cm³/mol. The van der Waals surface area contributed by atoms with Crippen molar-refractivity contribution < 1.29 is 41.0 Å². The highest BCUT2D eigenvalue weighted by atomic mass is 19.4. The highest BCUT2D eigenvalue weighted by molar-refractivity contribution is 6.05. The summed E-state index contributed by atoms with van der Waals surface area (Å²) in [6.07, 6.45) is -4.00. The molecule has 1 N–H and O–H groups in total. The molecule has 0 bridgehead atoms. The van der Waals surface area contributed by atoms with Crippen molar-refractivity contribution in [1.82, 2.24) is 0 Å². The number of alkyl halides is 5. The highest BCUT2D eigenvalue weighted by Gasteiger charge is 2.31. The molecule has 10 heteroatoms. The third-order valence-electron chi connectivity index (χ3n) is 3.66. The van der Waals surface area contributed by atoms with Gasteiger partial charge in [-0.3, -0.25) is 4.79 Å². The third kappa shape index (κ3) is 5.97. The fraction of sp³-hybridized carbons (Fsp3) is 0.316. The maximum atomic E-state index is 13.0. The highest BCUT2D eigenvalue weighted by Crippen LogP contribution is 2.36. The van der Waals surface area contributed by atoms with E-state index < -0.39 is 24.3 Å². The molecule has 2 aromatic rings. The number of amides is 1. The first-order valence-corrected chi connectivity index (χ1v) is 8.44. The second kappa shape index (κ2) is 9.44. The van der Waals surface area contributed by atoms with Gasteiger partial charge in [0.15, 0.2) is 11.5 Å². The number of anilines is 1. The van der Waals surface area contributed by atoms with Crippen molar-refractivity contribution in [1.29, 1.82) is 0 Å². The number of methoxy groups -OCH3 is 1. The van der Waals surface area contributed by atoms with Crippen LogP contribution in [0.15, 0.2) is 36.4 Å². The lowest BCUT2D eigenvalue weighted by atomic mass is 10.1. The number of ether oxygens (including phenoxy) is 3. The number of rotatable bonds is 8. The van der Waals surface area contributed by atoms with Crippen LogP contribution in [0.5, 0.6) is 17.2 Å². The van der Waals surface area contributed by atoms with Crippen molar-refractivity contribution in [2.75, 3.05) is 19.0 Å². The monoisotopic (exact) mass is 419 g/mol. The Morgan fingerprint density at radius 1 is 1.07 bits per heavy atom. The van der Waals surface area contributed by atoms with E-state index in [1.54, 1.807) is 0 Å². The van der Waals surface area contributed by atoms with Gasteiger partial charge in [0.05, 0.1) is 25.0 Å². The first-order chi connectivity index (χ1) is 13.7. The summed E-state index contributed by atoms with van der Waals surface area (Å²) in [5.74, 6) is -1.14. The molecule has 0 saturated carbocycles. The molecule has 0 unspecified atom stereocenters. The smallest absolute Gasteiger partial charge is 0.416 e. The SMILES string of the molecule is CCCOc1ccc(C(F)(F)F)cc1NC(=O)c1ccc(OC(F)F)c(OC)c1. The van der Waals surface area contributed by atoms with Crippen molar-refractivity contribution in [2.24, 2.45) is 0 Å². The quantitative estimate of drug-likeness (QED) is 0.586. The van der Waals surface area contributed by atoms with Gasteiger partial charge in [-0.15, -0.1) is 0 Å². The molecule has 2 aromatic carbocycles. The van der Waals surface area contributed by atoms with Gasteiger partial charge in [0.1, 0.15) is 5.75 Å². The lowest BCUT2D eigenvalue weighted by molar-refractivity contribution is -0.137. The summed E-state index contributed by atoms with van der Waals surface area (Å²) in [7, 11) is 1.19. The van der Waals surface area contributed by atoms with Crippen LogP contribution in [0.2, 0.25) is 0 Å². The van der Waals surface area contributed by atoms with Gasteiger partial charge in [-0.05, 0) is 42.8 Å². The Balaban J connectivity index is 2.33. The summed E-state index contributed by atoms with van der Waals surface area (Å²) >= 11 is 0. The zero-order valence-corrected chi connectivity index (χ0v) is 15.5. The summed E-state index contributed by atoms with van der Waals surface area (Å²) in [6, 6.07) is 6.13. The Bertz CT molecular complexity index is 855. The maximum absolute atomic E-state index is 13.0.